The topological polar surface area (TPSA) is 52.7 Å². The van der Waals surface area contributed by atoms with Gasteiger partial charge in [0.1, 0.15) is 0 Å². The van der Waals surface area contributed by atoms with Crippen molar-refractivity contribution in [1.29, 1.82) is 0 Å². The third kappa shape index (κ3) is 4.52. The normalized spacial score (nSPS) is 23.6. The summed E-state index contributed by atoms with van der Waals surface area (Å²) in [5.41, 5.74) is 1.96. The molecule has 3 rings (SSSR count). The summed E-state index contributed by atoms with van der Waals surface area (Å²) >= 11 is 5.98. The van der Waals surface area contributed by atoms with E-state index in [-0.39, 0.29) is 23.3 Å². The van der Waals surface area contributed by atoms with Crippen molar-refractivity contribution in [2.45, 2.75) is 34.1 Å². The first-order chi connectivity index (χ1) is 13.2. The van der Waals surface area contributed by atoms with E-state index in [9.17, 15) is 9.59 Å². The maximum absolute atomic E-state index is 13.1. The van der Waals surface area contributed by atoms with Gasteiger partial charge in [-0.25, -0.2) is 4.79 Å². The summed E-state index contributed by atoms with van der Waals surface area (Å²) in [5.74, 6) is 0.592. The first-order valence-electron chi connectivity index (χ1n) is 9.95. The number of allylic oxidation sites excluding steroid dienone is 2. The summed E-state index contributed by atoms with van der Waals surface area (Å²) in [7, 11) is 0. The Hall–Kier alpha value is -2.01. The number of urea groups is 1. The molecule has 1 heterocycles. The number of rotatable bonds is 3. The van der Waals surface area contributed by atoms with E-state index < -0.39 is 0 Å². The lowest BCUT2D eigenvalue weighted by molar-refractivity contribution is -0.133. The van der Waals surface area contributed by atoms with Crippen LogP contribution in [0.3, 0.4) is 0 Å². The Morgan fingerprint density at radius 2 is 1.82 bits per heavy atom. The molecule has 2 aliphatic rings. The standard InChI is InChI=1S/C22H30ClN3O2/c1-15(2)13-18-19(22(18,3)4)20(27)25-9-6-10-26(12-11-25)21(28)24-17-8-5-7-16(23)14-17/h5,7-8,13-14,18-19H,6,9-12H2,1-4H3,(H,24,28). The monoisotopic (exact) mass is 403 g/mol. The van der Waals surface area contributed by atoms with Crippen LogP contribution in [0, 0.1) is 17.3 Å². The summed E-state index contributed by atoms with van der Waals surface area (Å²) in [4.78, 5) is 29.4. The lowest BCUT2D eigenvalue weighted by Crippen LogP contribution is -2.40. The van der Waals surface area contributed by atoms with Gasteiger partial charge in [-0.2, -0.15) is 0 Å². The van der Waals surface area contributed by atoms with Gasteiger partial charge >= 0.3 is 6.03 Å². The second-order valence-corrected chi connectivity index (χ2v) is 9.11. The highest BCUT2D eigenvalue weighted by atomic mass is 35.5. The molecule has 1 aliphatic carbocycles. The van der Waals surface area contributed by atoms with Crippen LogP contribution in [-0.2, 0) is 4.79 Å². The fourth-order valence-electron chi connectivity index (χ4n) is 4.13. The van der Waals surface area contributed by atoms with Crippen LogP contribution in [0.4, 0.5) is 10.5 Å². The molecule has 1 aromatic rings. The number of hydrogen-bond acceptors (Lipinski definition) is 2. The number of carbonyl (C=O) groups is 2. The number of halogens is 1. The summed E-state index contributed by atoms with van der Waals surface area (Å²) in [6.45, 7) is 11.0. The largest absolute Gasteiger partial charge is 0.341 e. The second-order valence-electron chi connectivity index (χ2n) is 8.68. The smallest absolute Gasteiger partial charge is 0.321 e. The molecule has 1 saturated carbocycles. The zero-order valence-electron chi connectivity index (χ0n) is 17.2. The van der Waals surface area contributed by atoms with Crippen molar-refractivity contribution in [2.75, 3.05) is 31.5 Å². The van der Waals surface area contributed by atoms with Gasteiger partial charge in [-0.1, -0.05) is 43.2 Å². The first-order valence-corrected chi connectivity index (χ1v) is 10.3. The minimum absolute atomic E-state index is 0.0182. The summed E-state index contributed by atoms with van der Waals surface area (Å²) in [6, 6.07) is 6.97. The van der Waals surface area contributed by atoms with Crippen LogP contribution in [0.1, 0.15) is 34.1 Å². The minimum Gasteiger partial charge on any atom is -0.341 e. The van der Waals surface area contributed by atoms with Crippen LogP contribution in [0.15, 0.2) is 35.9 Å². The summed E-state index contributed by atoms with van der Waals surface area (Å²) in [6.07, 6.45) is 3.01. The quantitative estimate of drug-likeness (QED) is 0.747. The molecule has 2 unspecified atom stereocenters. The molecule has 0 aromatic heterocycles. The van der Waals surface area contributed by atoms with Gasteiger partial charge in [0.2, 0.25) is 5.91 Å². The second kappa shape index (κ2) is 8.16. The van der Waals surface area contributed by atoms with Crippen LogP contribution in [0.5, 0.6) is 0 Å². The van der Waals surface area contributed by atoms with E-state index in [1.54, 1.807) is 23.1 Å². The van der Waals surface area contributed by atoms with Crippen LogP contribution < -0.4 is 5.32 Å². The molecule has 6 heteroatoms. The molecule has 1 aromatic carbocycles. The van der Waals surface area contributed by atoms with Crippen LogP contribution in [-0.4, -0.2) is 47.9 Å². The molecule has 2 fully saturated rings. The zero-order chi connectivity index (χ0) is 20.5. The van der Waals surface area contributed by atoms with Crippen molar-refractivity contribution in [3.8, 4) is 0 Å². The van der Waals surface area contributed by atoms with Gasteiger partial charge < -0.3 is 15.1 Å². The van der Waals surface area contributed by atoms with Crippen molar-refractivity contribution < 1.29 is 9.59 Å². The average molecular weight is 404 g/mol. The van der Waals surface area contributed by atoms with Gasteiger partial charge in [0.05, 0.1) is 5.92 Å². The Bertz CT molecular complexity index is 786. The fraction of sp³-hybridized carbons (Fsp3) is 0.545. The highest BCUT2D eigenvalue weighted by molar-refractivity contribution is 6.30. The predicted molar refractivity (Wildman–Crippen MR) is 113 cm³/mol. The molecule has 0 spiro atoms. The van der Waals surface area contributed by atoms with Gasteiger partial charge in [-0.05, 0) is 49.8 Å². The van der Waals surface area contributed by atoms with Crippen LogP contribution in [0.25, 0.3) is 0 Å². The van der Waals surface area contributed by atoms with E-state index in [1.807, 2.05) is 11.0 Å². The van der Waals surface area contributed by atoms with E-state index in [2.05, 4.69) is 39.1 Å². The minimum atomic E-state index is -0.147. The molecule has 1 N–H and O–H groups in total. The third-order valence-electron chi connectivity index (χ3n) is 5.86. The van der Waals surface area contributed by atoms with E-state index in [4.69, 9.17) is 11.6 Å². The number of nitrogens with zero attached hydrogens (tertiary/aromatic N) is 2. The Kier molecular flexibility index (Phi) is 6.04. The molecule has 0 bridgehead atoms. The molecule has 1 aliphatic heterocycles. The van der Waals surface area contributed by atoms with Crippen molar-refractivity contribution >= 4 is 29.2 Å². The highest BCUT2D eigenvalue weighted by Crippen LogP contribution is 2.60. The Morgan fingerprint density at radius 3 is 2.50 bits per heavy atom. The van der Waals surface area contributed by atoms with Crippen LogP contribution in [0.2, 0.25) is 5.02 Å². The van der Waals surface area contributed by atoms with Crippen molar-refractivity contribution in [1.82, 2.24) is 9.80 Å². The van der Waals surface area contributed by atoms with Gasteiger partial charge in [0, 0.05) is 36.9 Å². The van der Waals surface area contributed by atoms with Gasteiger partial charge in [-0.15, -0.1) is 0 Å². The van der Waals surface area contributed by atoms with Gasteiger partial charge in [-0.3, -0.25) is 4.79 Å². The molecule has 5 nitrogen and oxygen atoms in total. The van der Waals surface area contributed by atoms with E-state index in [1.165, 1.54) is 5.57 Å². The molecule has 28 heavy (non-hydrogen) atoms. The first kappa shape index (κ1) is 20.7. The third-order valence-corrected chi connectivity index (χ3v) is 6.10. The van der Waals surface area contributed by atoms with Crippen molar-refractivity contribution in [3.05, 3.63) is 40.9 Å². The number of hydrogen-bond donors (Lipinski definition) is 1. The molecule has 0 radical (unpaired) electrons. The number of anilines is 1. The SMILES string of the molecule is CC(C)=CC1C(C(=O)N2CCCN(C(=O)Nc3cccc(Cl)c3)CC2)C1(C)C. The number of amides is 3. The molecular weight excluding hydrogens is 374 g/mol. The Morgan fingerprint density at radius 1 is 1.14 bits per heavy atom. The predicted octanol–water partition coefficient (Wildman–Crippen LogP) is 4.64. The summed E-state index contributed by atoms with van der Waals surface area (Å²) < 4.78 is 0. The maximum Gasteiger partial charge on any atom is 0.321 e. The number of benzene rings is 1. The van der Waals surface area contributed by atoms with Gasteiger partial charge in [0.15, 0.2) is 0 Å². The molecule has 2 atom stereocenters. The lowest BCUT2D eigenvalue weighted by atomic mass is 10.1. The lowest BCUT2D eigenvalue weighted by Gasteiger charge is -2.23. The number of carbonyl (C=O) groups excluding carboxylic acids is 2. The molecule has 1 saturated heterocycles. The van der Waals surface area contributed by atoms with Crippen molar-refractivity contribution in [2.24, 2.45) is 17.3 Å². The fourth-order valence-corrected chi connectivity index (χ4v) is 4.32. The highest BCUT2D eigenvalue weighted by Gasteiger charge is 2.61. The van der Waals surface area contributed by atoms with Crippen LogP contribution >= 0.6 is 11.6 Å². The Balaban J connectivity index is 1.58. The van der Waals surface area contributed by atoms with E-state index in [0.717, 1.165) is 6.42 Å². The molecule has 3 amide bonds. The molecular formula is C22H30ClN3O2. The van der Waals surface area contributed by atoms with Gasteiger partial charge in [0.25, 0.3) is 0 Å². The average Bonchev–Trinajstić information content (AvgIpc) is 3.23. The molecule has 152 valence electrons. The Labute approximate surface area is 172 Å². The summed E-state index contributed by atoms with van der Waals surface area (Å²) in [5, 5.41) is 3.48. The van der Waals surface area contributed by atoms with E-state index >= 15 is 0 Å². The van der Waals surface area contributed by atoms with Crippen molar-refractivity contribution in [3.63, 3.8) is 0 Å². The zero-order valence-corrected chi connectivity index (χ0v) is 17.9. The van der Waals surface area contributed by atoms with E-state index in [0.29, 0.717) is 42.8 Å². The maximum atomic E-state index is 13.1. The number of nitrogens with one attached hydrogen (secondary N) is 1.